The summed E-state index contributed by atoms with van der Waals surface area (Å²) in [6, 6.07) is 9.57. The van der Waals surface area contributed by atoms with Gasteiger partial charge in [-0.2, -0.15) is 0 Å². The number of anilines is 1. The van der Waals surface area contributed by atoms with E-state index in [1.54, 1.807) is 12.1 Å². The highest BCUT2D eigenvalue weighted by atomic mass is 16.6. The maximum Gasteiger partial charge on any atom is 0.292 e. The molecule has 0 amide bonds. The van der Waals surface area contributed by atoms with Gasteiger partial charge in [0, 0.05) is 30.2 Å². The van der Waals surface area contributed by atoms with Crippen molar-refractivity contribution in [2.75, 3.05) is 5.32 Å². The molecule has 4 fully saturated rings. The van der Waals surface area contributed by atoms with E-state index in [0.29, 0.717) is 23.8 Å². The minimum Gasteiger partial charge on any atom is -0.377 e. The second-order valence-electron chi connectivity index (χ2n) is 10.4. The number of benzene rings is 1. The van der Waals surface area contributed by atoms with Gasteiger partial charge in [0.1, 0.15) is 5.69 Å². The van der Waals surface area contributed by atoms with Crippen molar-refractivity contribution in [2.45, 2.75) is 95.3 Å². The normalized spacial score (nSPS) is 39.7. The van der Waals surface area contributed by atoms with Gasteiger partial charge in [-0.1, -0.05) is 25.5 Å². The summed E-state index contributed by atoms with van der Waals surface area (Å²) in [4.78, 5) is 14.1. The van der Waals surface area contributed by atoms with Crippen LogP contribution in [0.2, 0.25) is 0 Å². The molecule has 1 aromatic rings. The number of hydrogen-bond donors (Lipinski definition) is 1. The van der Waals surface area contributed by atoms with Gasteiger partial charge in [-0.3, -0.25) is 15.0 Å². The first-order valence-electron chi connectivity index (χ1n) is 11.8. The number of piperidine rings is 2. The lowest BCUT2D eigenvalue weighted by atomic mass is 9.65. The van der Waals surface area contributed by atoms with Crippen LogP contribution in [0.25, 0.3) is 0 Å². The topological polar surface area (TPSA) is 58.4 Å². The molecule has 5 heteroatoms. The number of nitro benzene ring substituents is 1. The first-order chi connectivity index (χ1) is 14.1. The largest absolute Gasteiger partial charge is 0.377 e. The Bertz CT molecular complexity index is 721. The molecule has 29 heavy (non-hydrogen) atoms. The van der Waals surface area contributed by atoms with Gasteiger partial charge >= 0.3 is 0 Å². The van der Waals surface area contributed by atoms with Crippen LogP contribution in [0.1, 0.15) is 71.1 Å². The van der Waals surface area contributed by atoms with Crippen LogP contribution in [-0.2, 0) is 0 Å². The van der Waals surface area contributed by atoms with Gasteiger partial charge in [-0.25, -0.2) is 0 Å². The number of nitrogens with one attached hydrogen (secondary N) is 1. The zero-order valence-corrected chi connectivity index (χ0v) is 17.6. The van der Waals surface area contributed by atoms with E-state index in [9.17, 15) is 10.1 Å². The van der Waals surface area contributed by atoms with Gasteiger partial charge in [-0.15, -0.1) is 0 Å². The highest BCUT2D eigenvalue weighted by Crippen LogP contribution is 2.47. The number of nitrogens with zero attached hydrogens (tertiary/aromatic N) is 2. The molecule has 7 atom stereocenters. The summed E-state index contributed by atoms with van der Waals surface area (Å²) in [6.07, 6.45) is 13.4. The fourth-order valence-electron chi connectivity index (χ4n) is 7.50. The fourth-order valence-corrected chi connectivity index (χ4v) is 7.50. The lowest BCUT2D eigenvalue weighted by Crippen LogP contribution is -2.60. The number of nitro groups is 1. The van der Waals surface area contributed by atoms with Crippen molar-refractivity contribution in [1.82, 2.24) is 4.90 Å². The van der Waals surface area contributed by atoms with Crippen molar-refractivity contribution < 1.29 is 4.92 Å². The molecule has 0 unspecified atom stereocenters. The van der Waals surface area contributed by atoms with E-state index in [1.807, 2.05) is 12.1 Å². The third kappa shape index (κ3) is 3.90. The molecule has 4 bridgehead atoms. The van der Waals surface area contributed by atoms with Crippen LogP contribution >= 0.6 is 0 Å². The summed E-state index contributed by atoms with van der Waals surface area (Å²) in [6.45, 7) is 2.45. The van der Waals surface area contributed by atoms with Gasteiger partial charge in [0.25, 0.3) is 5.69 Å². The fraction of sp³-hybridized carbons (Fsp3) is 0.750. The molecule has 4 aliphatic rings. The molecule has 2 heterocycles. The van der Waals surface area contributed by atoms with Crippen molar-refractivity contribution in [2.24, 2.45) is 17.8 Å². The predicted molar refractivity (Wildman–Crippen MR) is 116 cm³/mol. The summed E-state index contributed by atoms with van der Waals surface area (Å²) >= 11 is 0. The quantitative estimate of drug-likeness (QED) is 0.530. The first-order valence-corrected chi connectivity index (χ1v) is 11.8. The van der Waals surface area contributed by atoms with Crippen molar-refractivity contribution in [3.05, 3.63) is 34.4 Å². The highest BCUT2D eigenvalue weighted by molar-refractivity contribution is 5.61. The molecule has 2 aliphatic heterocycles. The predicted octanol–water partition coefficient (Wildman–Crippen LogP) is 5.61. The molecular weight excluding hydrogens is 362 g/mol. The summed E-state index contributed by atoms with van der Waals surface area (Å²) in [5.41, 5.74) is 0.893. The van der Waals surface area contributed by atoms with Crippen LogP contribution in [0.5, 0.6) is 0 Å². The van der Waals surface area contributed by atoms with E-state index in [4.69, 9.17) is 0 Å². The lowest BCUT2D eigenvalue weighted by Gasteiger charge is -2.55. The van der Waals surface area contributed by atoms with E-state index in [0.717, 1.165) is 36.6 Å². The van der Waals surface area contributed by atoms with Crippen LogP contribution in [0.15, 0.2) is 24.3 Å². The van der Waals surface area contributed by atoms with E-state index in [1.165, 1.54) is 51.4 Å². The number of para-hydroxylation sites is 2. The minimum atomic E-state index is -0.264. The van der Waals surface area contributed by atoms with Crippen LogP contribution in [0.4, 0.5) is 11.4 Å². The molecule has 1 N–H and O–H groups in total. The molecule has 0 aromatic heterocycles. The molecule has 0 spiro atoms. The van der Waals surface area contributed by atoms with Crippen molar-refractivity contribution in [1.29, 1.82) is 0 Å². The van der Waals surface area contributed by atoms with Gasteiger partial charge in [0.05, 0.1) is 4.92 Å². The van der Waals surface area contributed by atoms with Crippen LogP contribution in [-0.4, -0.2) is 34.0 Å². The highest BCUT2D eigenvalue weighted by Gasteiger charge is 2.45. The van der Waals surface area contributed by atoms with Crippen LogP contribution in [0, 0.1) is 27.9 Å². The maximum atomic E-state index is 11.4. The van der Waals surface area contributed by atoms with Crippen LogP contribution in [0.3, 0.4) is 0 Å². The Balaban J connectivity index is 1.29. The molecule has 158 valence electrons. The molecule has 0 radical (unpaired) electrons. The third-order valence-electron chi connectivity index (χ3n) is 8.26. The van der Waals surface area contributed by atoms with Gasteiger partial charge in [-0.05, 0) is 81.6 Å². The molecule has 1 aromatic carbocycles. The standard InChI is InChI=1S/C24H35N3O2/c1-16-9-17-11-18(10-16)13-22(12-17)26-20-5-4-6-21(26)15-19(14-20)25-23-7-2-3-8-24(23)27(28)29/h2-3,7-8,16-22,25H,4-6,9-15H2,1H3/t16-,17-,18+,19-,20-,21+,22-. The average molecular weight is 398 g/mol. The smallest absolute Gasteiger partial charge is 0.292 e. The molecule has 2 saturated carbocycles. The van der Waals surface area contributed by atoms with E-state index in [2.05, 4.69) is 17.1 Å². The van der Waals surface area contributed by atoms with Crippen molar-refractivity contribution in [3.8, 4) is 0 Å². The number of fused-ring (bicyclic) bond motifs is 4. The molecule has 2 saturated heterocycles. The SMILES string of the molecule is C[C@@H]1C[C@@H]2C[C@H](C1)C[C@H](N1[C@@H]3CCC[C@H]1C[C@H](Nc1ccccc1[N+](=O)[O-])C3)C2. The maximum absolute atomic E-state index is 11.4. The number of hydrogen-bond acceptors (Lipinski definition) is 4. The Kier molecular flexibility index (Phi) is 5.27. The minimum absolute atomic E-state index is 0.203. The summed E-state index contributed by atoms with van der Waals surface area (Å²) in [7, 11) is 0. The third-order valence-corrected chi connectivity index (χ3v) is 8.26. The lowest BCUT2D eigenvalue weighted by molar-refractivity contribution is -0.384. The zero-order valence-electron chi connectivity index (χ0n) is 17.6. The summed E-state index contributed by atoms with van der Waals surface area (Å²) in [5.74, 6) is 2.83. The average Bonchev–Trinajstić information content (AvgIpc) is 2.66. The van der Waals surface area contributed by atoms with Gasteiger partial charge in [0.2, 0.25) is 0 Å². The first kappa shape index (κ1) is 19.3. The summed E-state index contributed by atoms with van der Waals surface area (Å²) < 4.78 is 0. The van der Waals surface area contributed by atoms with Gasteiger partial charge in [0.15, 0.2) is 0 Å². The van der Waals surface area contributed by atoms with E-state index >= 15 is 0 Å². The molecule has 5 nitrogen and oxygen atoms in total. The Labute approximate surface area is 174 Å². The zero-order chi connectivity index (χ0) is 20.0. The monoisotopic (exact) mass is 397 g/mol. The van der Waals surface area contributed by atoms with Crippen molar-refractivity contribution in [3.63, 3.8) is 0 Å². The van der Waals surface area contributed by atoms with E-state index in [-0.39, 0.29) is 10.6 Å². The molecule has 5 rings (SSSR count). The number of rotatable bonds is 4. The molecular formula is C24H35N3O2. The summed E-state index contributed by atoms with van der Waals surface area (Å²) in [5, 5.41) is 15.0. The van der Waals surface area contributed by atoms with Gasteiger partial charge < -0.3 is 5.32 Å². The van der Waals surface area contributed by atoms with E-state index < -0.39 is 0 Å². The Morgan fingerprint density at radius 1 is 0.931 bits per heavy atom. The second kappa shape index (κ2) is 7.90. The Hall–Kier alpha value is -1.62. The molecule has 2 aliphatic carbocycles. The second-order valence-corrected chi connectivity index (χ2v) is 10.4. The van der Waals surface area contributed by atoms with Crippen molar-refractivity contribution >= 4 is 11.4 Å². The Morgan fingerprint density at radius 3 is 2.24 bits per heavy atom. The Morgan fingerprint density at radius 2 is 1.59 bits per heavy atom. The van der Waals surface area contributed by atoms with Crippen LogP contribution < -0.4 is 5.32 Å².